The van der Waals surface area contributed by atoms with Gasteiger partial charge in [-0.25, -0.2) is 0 Å². The number of thiocarbonyl (C=S) groups is 1. The third-order valence-corrected chi connectivity index (χ3v) is 4.46. The van der Waals surface area contributed by atoms with Crippen molar-refractivity contribution in [1.29, 1.82) is 0 Å². The summed E-state index contributed by atoms with van der Waals surface area (Å²) in [5.41, 5.74) is 2.42. The molecule has 0 aliphatic rings. The lowest BCUT2D eigenvalue weighted by molar-refractivity contribution is 0.0977. The van der Waals surface area contributed by atoms with Crippen LogP contribution in [0.2, 0.25) is 0 Å². The molecule has 0 fully saturated rings. The molecule has 6 heteroatoms. The molecule has 23 heavy (non-hydrogen) atoms. The van der Waals surface area contributed by atoms with E-state index in [1.807, 2.05) is 50.2 Å². The number of para-hydroxylation sites is 2. The standard InChI is InChI=1S/C17H17IN2O2S/c1-3-22-15-7-5-4-6-14(15)19-17(23)20-16(21)12-9-8-11(2)13(18)10-12/h4-10H,3H2,1-2H3,(H2,19,20,21,23). The number of halogens is 1. The van der Waals surface area contributed by atoms with Gasteiger partial charge in [-0.05, 0) is 78.5 Å². The maximum atomic E-state index is 12.2. The number of aryl methyl sites for hydroxylation is 1. The Kier molecular flexibility index (Phi) is 6.35. The van der Waals surface area contributed by atoms with E-state index in [9.17, 15) is 4.79 Å². The van der Waals surface area contributed by atoms with Gasteiger partial charge in [0.15, 0.2) is 5.11 Å². The van der Waals surface area contributed by atoms with Gasteiger partial charge >= 0.3 is 0 Å². The van der Waals surface area contributed by atoms with Gasteiger partial charge in [-0.1, -0.05) is 18.2 Å². The Balaban J connectivity index is 2.04. The third-order valence-electron chi connectivity index (χ3n) is 3.10. The van der Waals surface area contributed by atoms with Gasteiger partial charge in [-0.15, -0.1) is 0 Å². The first kappa shape index (κ1) is 17.7. The largest absolute Gasteiger partial charge is 0.492 e. The summed E-state index contributed by atoms with van der Waals surface area (Å²) < 4.78 is 6.56. The fourth-order valence-corrected chi connectivity index (χ4v) is 2.63. The number of benzene rings is 2. The van der Waals surface area contributed by atoms with Crippen molar-refractivity contribution in [2.45, 2.75) is 13.8 Å². The lowest BCUT2D eigenvalue weighted by Crippen LogP contribution is -2.34. The Hall–Kier alpha value is -1.67. The second-order valence-electron chi connectivity index (χ2n) is 4.80. The van der Waals surface area contributed by atoms with Crippen molar-refractivity contribution in [2.75, 3.05) is 11.9 Å². The van der Waals surface area contributed by atoms with E-state index >= 15 is 0 Å². The van der Waals surface area contributed by atoms with Crippen LogP contribution in [0.3, 0.4) is 0 Å². The maximum Gasteiger partial charge on any atom is 0.257 e. The number of amides is 1. The Morgan fingerprint density at radius 2 is 2.00 bits per heavy atom. The van der Waals surface area contributed by atoms with Gasteiger partial charge in [0.05, 0.1) is 12.3 Å². The number of hydrogen-bond acceptors (Lipinski definition) is 3. The molecule has 0 radical (unpaired) electrons. The van der Waals surface area contributed by atoms with E-state index in [-0.39, 0.29) is 11.0 Å². The van der Waals surface area contributed by atoms with E-state index in [1.165, 1.54) is 0 Å². The molecule has 2 rings (SSSR count). The Morgan fingerprint density at radius 1 is 1.26 bits per heavy atom. The van der Waals surface area contributed by atoms with E-state index < -0.39 is 0 Å². The summed E-state index contributed by atoms with van der Waals surface area (Å²) >= 11 is 7.42. The highest BCUT2D eigenvalue weighted by atomic mass is 127. The Labute approximate surface area is 154 Å². The van der Waals surface area contributed by atoms with Crippen molar-refractivity contribution >= 4 is 51.5 Å². The van der Waals surface area contributed by atoms with Crippen molar-refractivity contribution < 1.29 is 9.53 Å². The van der Waals surface area contributed by atoms with Crippen LogP contribution >= 0.6 is 34.8 Å². The zero-order valence-electron chi connectivity index (χ0n) is 12.9. The smallest absolute Gasteiger partial charge is 0.257 e. The molecule has 0 bridgehead atoms. The molecule has 0 aliphatic carbocycles. The normalized spacial score (nSPS) is 10.0. The molecule has 0 spiro atoms. The highest BCUT2D eigenvalue weighted by molar-refractivity contribution is 14.1. The number of anilines is 1. The summed E-state index contributed by atoms with van der Waals surface area (Å²) in [6.07, 6.45) is 0. The van der Waals surface area contributed by atoms with Crippen molar-refractivity contribution in [1.82, 2.24) is 5.32 Å². The van der Waals surface area contributed by atoms with Crippen LogP contribution in [0.25, 0.3) is 0 Å². The van der Waals surface area contributed by atoms with Crippen LogP contribution in [0.1, 0.15) is 22.8 Å². The SMILES string of the molecule is CCOc1ccccc1NC(=S)NC(=O)c1ccc(C)c(I)c1. The van der Waals surface area contributed by atoms with Crippen LogP contribution in [0.4, 0.5) is 5.69 Å². The maximum absolute atomic E-state index is 12.2. The molecular formula is C17H17IN2O2S. The monoisotopic (exact) mass is 440 g/mol. The Morgan fingerprint density at radius 3 is 2.70 bits per heavy atom. The van der Waals surface area contributed by atoms with Crippen molar-refractivity contribution in [3.63, 3.8) is 0 Å². The average Bonchev–Trinajstić information content (AvgIpc) is 2.52. The molecule has 0 unspecified atom stereocenters. The number of rotatable bonds is 4. The Bertz CT molecular complexity index is 734. The van der Waals surface area contributed by atoms with Crippen LogP contribution in [0.15, 0.2) is 42.5 Å². The van der Waals surface area contributed by atoms with Crippen LogP contribution in [-0.2, 0) is 0 Å². The zero-order valence-corrected chi connectivity index (χ0v) is 15.8. The predicted molar refractivity (Wildman–Crippen MR) is 105 cm³/mol. The first-order chi connectivity index (χ1) is 11.0. The van der Waals surface area contributed by atoms with Gasteiger partial charge in [-0.2, -0.15) is 0 Å². The minimum Gasteiger partial charge on any atom is -0.492 e. The molecular weight excluding hydrogens is 423 g/mol. The van der Waals surface area contributed by atoms with E-state index in [1.54, 1.807) is 6.07 Å². The molecule has 0 aliphatic heterocycles. The van der Waals surface area contributed by atoms with Crippen molar-refractivity contribution in [3.8, 4) is 5.75 Å². The molecule has 2 N–H and O–H groups in total. The van der Waals surface area contributed by atoms with Crippen LogP contribution in [-0.4, -0.2) is 17.6 Å². The van der Waals surface area contributed by atoms with Crippen LogP contribution in [0.5, 0.6) is 5.75 Å². The van der Waals surface area contributed by atoms with E-state index in [2.05, 4.69) is 33.2 Å². The number of carbonyl (C=O) groups is 1. The van der Waals surface area contributed by atoms with Gasteiger partial charge in [0.1, 0.15) is 5.75 Å². The summed E-state index contributed by atoms with van der Waals surface area (Å²) in [5.74, 6) is 0.450. The molecule has 0 saturated heterocycles. The van der Waals surface area contributed by atoms with E-state index in [4.69, 9.17) is 17.0 Å². The minimum absolute atomic E-state index is 0.234. The van der Waals surface area contributed by atoms with E-state index in [0.717, 1.165) is 14.8 Å². The first-order valence-electron chi connectivity index (χ1n) is 7.11. The summed E-state index contributed by atoms with van der Waals surface area (Å²) in [7, 11) is 0. The molecule has 120 valence electrons. The number of nitrogens with one attached hydrogen (secondary N) is 2. The quantitative estimate of drug-likeness (QED) is 0.555. The first-order valence-corrected chi connectivity index (χ1v) is 8.60. The molecule has 2 aromatic rings. The number of carbonyl (C=O) groups excluding carboxylic acids is 1. The molecule has 2 aromatic carbocycles. The van der Waals surface area contributed by atoms with Gasteiger partial charge in [0.2, 0.25) is 0 Å². The molecule has 0 aromatic heterocycles. The molecule has 4 nitrogen and oxygen atoms in total. The summed E-state index contributed by atoms with van der Waals surface area (Å²) in [4.78, 5) is 12.2. The molecule has 0 saturated carbocycles. The average molecular weight is 440 g/mol. The van der Waals surface area contributed by atoms with Gasteiger partial charge in [-0.3, -0.25) is 10.1 Å². The second kappa shape index (κ2) is 8.26. The lowest BCUT2D eigenvalue weighted by atomic mass is 10.1. The third kappa shape index (κ3) is 4.90. The molecule has 0 atom stereocenters. The summed E-state index contributed by atoms with van der Waals surface area (Å²) in [6.45, 7) is 4.47. The van der Waals surface area contributed by atoms with Gasteiger partial charge in [0.25, 0.3) is 5.91 Å². The summed E-state index contributed by atoms with van der Waals surface area (Å²) in [6, 6.07) is 13.0. The fraction of sp³-hybridized carbons (Fsp3) is 0.176. The van der Waals surface area contributed by atoms with E-state index in [0.29, 0.717) is 17.9 Å². The predicted octanol–water partition coefficient (Wildman–Crippen LogP) is 4.13. The topological polar surface area (TPSA) is 50.4 Å². The number of hydrogen-bond donors (Lipinski definition) is 2. The molecule has 1 amide bonds. The van der Waals surface area contributed by atoms with Gasteiger partial charge in [0, 0.05) is 9.13 Å². The minimum atomic E-state index is -0.241. The lowest BCUT2D eigenvalue weighted by Gasteiger charge is -2.13. The zero-order chi connectivity index (χ0) is 16.8. The van der Waals surface area contributed by atoms with Crippen LogP contribution in [0, 0.1) is 10.5 Å². The van der Waals surface area contributed by atoms with Gasteiger partial charge < -0.3 is 10.1 Å². The molecule has 0 heterocycles. The highest BCUT2D eigenvalue weighted by Crippen LogP contribution is 2.23. The fourth-order valence-electron chi connectivity index (χ4n) is 1.91. The van der Waals surface area contributed by atoms with Crippen molar-refractivity contribution in [3.05, 3.63) is 57.2 Å². The van der Waals surface area contributed by atoms with Crippen LogP contribution < -0.4 is 15.4 Å². The number of ether oxygens (including phenoxy) is 1. The second-order valence-corrected chi connectivity index (χ2v) is 6.37. The van der Waals surface area contributed by atoms with Crippen molar-refractivity contribution in [2.24, 2.45) is 0 Å². The highest BCUT2D eigenvalue weighted by Gasteiger charge is 2.10. The summed E-state index contributed by atoms with van der Waals surface area (Å²) in [5, 5.41) is 5.91.